The Balaban J connectivity index is 1.79. The zero-order valence-corrected chi connectivity index (χ0v) is 9.78. The minimum Gasteiger partial charge on any atom is -0.486 e. The van der Waals surface area contributed by atoms with Crippen LogP contribution in [0.2, 0.25) is 0 Å². The predicted octanol–water partition coefficient (Wildman–Crippen LogP) is 3.21. The maximum absolute atomic E-state index is 5.62. The SMILES string of the molecule is c1cncc(OCc2ccc3ccccc3n2)c1. The minimum atomic E-state index is 0.455. The maximum atomic E-state index is 5.62. The van der Waals surface area contributed by atoms with Crippen molar-refractivity contribution in [1.29, 1.82) is 0 Å². The third-order valence-electron chi connectivity index (χ3n) is 2.68. The van der Waals surface area contributed by atoms with Gasteiger partial charge in [-0.15, -0.1) is 0 Å². The van der Waals surface area contributed by atoms with E-state index in [1.807, 2.05) is 42.5 Å². The third kappa shape index (κ3) is 2.30. The number of rotatable bonds is 3. The number of aromatic nitrogens is 2. The van der Waals surface area contributed by atoms with Crippen molar-refractivity contribution in [3.63, 3.8) is 0 Å². The van der Waals surface area contributed by atoms with Crippen LogP contribution in [-0.2, 0) is 6.61 Å². The Morgan fingerprint density at radius 3 is 2.78 bits per heavy atom. The van der Waals surface area contributed by atoms with E-state index in [-0.39, 0.29) is 0 Å². The van der Waals surface area contributed by atoms with E-state index in [0.29, 0.717) is 6.61 Å². The average Bonchev–Trinajstić information content (AvgIpc) is 2.46. The molecule has 0 amide bonds. The van der Waals surface area contributed by atoms with Crippen LogP contribution in [0.15, 0.2) is 60.9 Å². The van der Waals surface area contributed by atoms with E-state index < -0.39 is 0 Å². The van der Waals surface area contributed by atoms with Crippen molar-refractivity contribution in [3.8, 4) is 5.75 Å². The molecule has 0 radical (unpaired) electrons. The van der Waals surface area contributed by atoms with Crippen molar-refractivity contribution in [3.05, 3.63) is 66.6 Å². The number of hydrogen-bond acceptors (Lipinski definition) is 3. The normalized spacial score (nSPS) is 10.4. The Kier molecular flexibility index (Phi) is 2.88. The Morgan fingerprint density at radius 2 is 1.89 bits per heavy atom. The van der Waals surface area contributed by atoms with Crippen molar-refractivity contribution in [1.82, 2.24) is 9.97 Å². The molecule has 3 rings (SSSR count). The number of pyridine rings is 2. The molecule has 0 aliphatic carbocycles. The molecule has 88 valence electrons. The van der Waals surface area contributed by atoms with Gasteiger partial charge in [0.15, 0.2) is 0 Å². The van der Waals surface area contributed by atoms with Crippen molar-refractivity contribution >= 4 is 10.9 Å². The fraction of sp³-hybridized carbons (Fsp3) is 0.0667. The zero-order chi connectivity index (χ0) is 12.2. The largest absolute Gasteiger partial charge is 0.486 e. The molecule has 3 heteroatoms. The highest BCUT2D eigenvalue weighted by atomic mass is 16.5. The second-order valence-electron chi connectivity index (χ2n) is 3.97. The molecule has 0 N–H and O–H groups in total. The molecule has 2 heterocycles. The summed E-state index contributed by atoms with van der Waals surface area (Å²) in [4.78, 5) is 8.55. The van der Waals surface area contributed by atoms with Crippen molar-refractivity contribution in [2.75, 3.05) is 0 Å². The first-order valence-corrected chi connectivity index (χ1v) is 5.79. The molecule has 0 spiro atoms. The van der Waals surface area contributed by atoms with E-state index in [1.54, 1.807) is 12.4 Å². The molecule has 0 saturated heterocycles. The number of hydrogen-bond donors (Lipinski definition) is 0. The highest BCUT2D eigenvalue weighted by molar-refractivity contribution is 5.78. The summed E-state index contributed by atoms with van der Waals surface area (Å²) in [6, 6.07) is 15.8. The molecule has 3 nitrogen and oxygen atoms in total. The van der Waals surface area contributed by atoms with Gasteiger partial charge in [-0.2, -0.15) is 0 Å². The van der Waals surface area contributed by atoms with Gasteiger partial charge >= 0.3 is 0 Å². The number of ether oxygens (including phenoxy) is 1. The lowest BCUT2D eigenvalue weighted by atomic mass is 10.2. The first-order valence-electron chi connectivity index (χ1n) is 5.79. The van der Waals surface area contributed by atoms with Gasteiger partial charge in [-0.3, -0.25) is 4.98 Å². The molecule has 1 aromatic carbocycles. The Morgan fingerprint density at radius 1 is 0.944 bits per heavy atom. The third-order valence-corrected chi connectivity index (χ3v) is 2.68. The Bertz CT molecular complexity index is 653. The lowest BCUT2D eigenvalue weighted by Crippen LogP contribution is -1.98. The summed E-state index contributed by atoms with van der Waals surface area (Å²) in [5.74, 6) is 0.757. The molecule has 0 atom stereocenters. The topological polar surface area (TPSA) is 35.0 Å². The van der Waals surface area contributed by atoms with Crippen LogP contribution >= 0.6 is 0 Å². The van der Waals surface area contributed by atoms with Crippen LogP contribution in [0, 0.1) is 0 Å². The maximum Gasteiger partial charge on any atom is 0.138 e. The molecule has 0 fully saturated rings. The van der Waals surface area contributed by atoms with Gasteiger partial charge in [0.1, 0.15) is 12.4 Å². The van der Waals surface area contributed by atoms with Gasteiger partial charge in [0.25, 0.3) is 0 Å². The standard InChI is InChI=1S/C15H12N2O/c1-2-6-15-12(4-1)7-8-13(17-15)11-18-14-5-3-9-16-10-14/h1-10H,11H2. The zero-order valence-electron chi connectivity index (χ0n) is 9.78. The second-order valence-corrected chi connectivity index (χ2v) is 3.97. The van der Waals surface area contributed by atoms with Crippen LogP contribution in [0.5, 0.6) is 5.75 Å². The van der Waals surface area contributed by atoms with E-state index >= 15 is 0 Å². The van der Waals surface area contributed by atoms with Gasteiger partial charge in [0.2, 0.25) is 0 Å². The van der Waals surface area contributed by atoms with Crippen molar-refractivity contribution in [2.24, 2.45) is 0 Å². The van der Waals surface area contributed by atoms with E-state index in [0.717, 1.165) is 22.3 Å². The van der Waals surface area contributed by atoms with Crippen LogP contribution in [0.1, 0.15) is 5.69 Å². The molecule has 3 aromatic rings. The first-order chi connectivity index (χ1) is 8.92. The summed E-state index contributed by atoms with van der Waals surface area (Å²) >= 11 is 0. The average molecular weight is 236 g/mol. The molecule has 0 saturated carbocycles. The number of benzene rings is 1. The lowest BCUT2D eigenvalue weighted by molar-refractivity contribution is 0.300. The van der Waals surface area contributed by atoms with Gasteiger partial charge in [0.05, 0.1) is 17.4 Å². The molecule has 0 aliphatic heterocycles. The summed E-state index contributed by atoms with van der Waals surface area (Å²) in [6.07, 6.45) is 3.42. The van der Waals surface area contributed by atoms with Gasteiger partial charge in [-0.25, -0.2) is 4.98 Å². The van der Waals surface area contributed by atoms with Gasteiger partial charge in [-0.1, -0.05) is 24.3 Å². The van der Waals surface area contributed by atoms with E-state index in [1.165, 1.54) is 0 Å². The summed E-state index contributed by atoms with van der Waals surface area (Å²) in [5.41, 5.74) is 1.90. The monoisotopic (exact) mass is 236 g/mol. The molecular weight excluding hydrogens is 224 g/mol. The fourth-order valence-corrected chi connectivity index (χ4v) is 1.78. The van der Waals surface area contributed by atoms with E-state index in [9.17, 15) is 0 Å². The van der Waals surface area contributed by atoms with Crippen LogP contribution in [0.25, 0.3) is 10.9 Å². The van der Waals surface area contributed by atoms with Crippen molar-refractivity contribution in [2.45, 2.75) is 6.61 Å². The van der Waals surface area contributed by atoms with Crippen LogP contribution in [0.3, 0.4) is 0 Å². The summed E-state index contributed by atoms with van der Waals surface area (Å²) in [7, 11) is 0. The highest BCUT2D eigenvalue weighted by Crippen LogP contribution is 2.14. The summed E-state index contributed by atoms with van der Waals surface area (Å²) in [5, 5.41) is 1.14. The molecule has 2 aromatic heterocycles. The van der Waals surface area contributed by atoms with Crippen LogP contribution in [0.4, 0.5) is 0 Å². The molecule has 0 unspecified atom stereocenters. The quantitative estimate of drug-likeness (QED) is 0.700. The minimum absolute atomic E-state index is 0.455. The Labute approximate surface area is 105 Å². The van der Waals surface area contributed by atoms with E-state index in [2.05, 4.69) is 16.0 Å². The summed E-state index contributed by atoms with van der Waals surface area (Å²) < 4.78 is 5.62. The fourth-order valence-electron chi connectivity index (χ4n) is 1.78. The number of nitrogens with zero attached hydrogens (tertiary/aromatic N) is 2. The van der Waals surface area contributed by atoms with Crippen molar-refractivity contribution < 1.29 is 4.74 Å². The molecule has 0 bridgehead atoms. The summed E-state index contributed by atoms with van der Waals surface area (Å²) in [6.45, 7) is 0.455. The van der Waals surface area contributed by atoms with Gasteiger partial charge in [-0.05, 0) is 24.3 Å². The van der Waals surface area contributed by atoms with Crippen LogP contribution in [-0.4, -0.2) is 9.97 Å². The van der Waals surface area contributed by atoms with Crippen LogP contribution < -0.4 is 4.74 Å². The highest BCUT2D eigenvalue weighted by Gasteiger charge is 1.99. The number of para-hydroxylation sites is 1. The predicted molar refractivity (Wildman–Crippen MR) is 70.3 cm³/mol. The second kappa shape index (κ2) is 4.84. The lowest BCUT2D eigenvalue weighted by Gasteiger charge is -2.05. The smallest absolute Gasteiger partial charge is 0.138 e. The van der Waals surface area contributed by atoms with Gasteiger partial charge in [0, 0.05) is 11.6 Å². The van der Waals surface area contributed by atoms with Gasteiger partial charge < -0.3 is 4.74 Å². The number of fused-ring (bicyclic) bond motifs is 1. The molecular formula is C15H12N2O. The Hall–Kier alpha value is -2.42. The molecule has 0 aliphatic rings. The van der Waals surface area contributed by atoms with E-state index in [4.69, 9.17) is 4.74 Å². The molecule has 18 heavy (non-hydrogen) atoms. The first kappa shape index (κ1) is 10.7.